The quantitative estimate of drug-likeness (QED) is 0.875. The Hall–Kier alpha value is -1.31. The van der Waals surface area contributed by atoms with Crippen LogP contribution in [-0.4, -0.2) is 5.91 Å². The molecule has 1 aromatic rings. The highest BCUT2D eigenvalue weighted by molar-refractivity contribution is 5.81. The van der Waals surface area contributed by atoms with Gasteiger partial charge in [0.15, 0.2) is 0 Å². The van der Waals surface area contributed by atoms with Crippen molar-refractivity contribution < 1.29 is 6.22 Å². The largest absolute Gasteiger partial charge is 0.369 e. The van der Waals surface area contributed by atoms with E-state index >= 15 is 0 Å². The normalized spacial score (nSPS) is 44.5. The molecule has 21 heavy (non-hydrogen) atoms. The van der Waals surface area contributed by atoms with E-state index in [1.54, 1.807) is 0 Å². The van der Waals surface area contributed by atoms with Crippen molar-refractivity contribution in [3.63, 3.8) is 0 Å². The van der Waals surface area contributed by atoms with E-state index in [1.165, 1.54) is 31.2 Å². The van der Waals surface area contributed by atoms with E-state index in [1.807, 2.05) is 0 Å². The van der Waals surface area contributed by atoms with Crippen molar-refractivity contribution in [1.29, 1.82) is 0 Å². The van der Waals surface area contributed by atoms with E-state index in [2.05, 4.69) is 37.3 Å². The molecule has 4 aliphatic carbocycles. The van der Waals surface area contributed by atoms with Gasteiger partial charge in [-0.15, -0.1) is 0 Å². The number of carbonyl (C=O) groups excluding carboxylic acids is 1. The van der Waals surface area contributed by atoms with Gasteiger partial charge in [0, 0.05) is 1.43 Å². The van der Waals surface area contributed by atoms with Gasteiger partial charge in [-0.2, -0.15) is 0 Å². The smallest absolute Gasteiger partial charge is 0.223 e. The van der Waals surface area contributed by atoms with Crippen molar-refractivity contribution >= 4 is 5.91 Å². The van der Waals surface area contributed by atoms with Crippen LogP contribution in [0.5, 0.6) is 0 Å². The minimum Gasteiger partial charge on any atom is -0.369 e. The molecule has 4 unspecified atom stereocenters. The van der Waals surface area contributed by atoms with Crippen molar-refractivity contribution in [2.45, 2.75) is 57.3 Å². The second-order valence-corrected chi connectivity index (χ2v) is 8.43. The Labute approximate surface area is 128 Å². The molecule has 4 atom stereocenters. The lowest BCUT2D eigenvalue weighted by molar-refractivity contribution is -0.133. The standard InChI is InChI=1S/C19H25NO.H2/c1-17-7-8-18(16(20)21)10-14(9-17)11-19(12-17,13-18)15-5-3-2-4-6-15;/h2-6,14H,7-13H2,1H3,(H2,20,21);1H. The number of hydrogen-bond donors (Lipinski definition) is 1. The molecule has 4 fully saturated rings. The summed E-state index contributed by atoms with van der Waals surface area (Å²) in [6.07, 6.45) is 7.96. The molecule has 4 saturated carbocycles. The van der Waals surface area contributed by atoms with Crippen molar-refractivity contribution in [3.8, 4) is 0 Å². The molecular weight excluding hydrogens is 258 g/mol. The summed E-state index contributed by atoms with van der Waals surface area (Å²) in [5, 5.41) is 0. The topological polar surface area (TPSA) is 43.1 Å². The third-order valence-corrected chi connectivity index (χ3v) is 6.70. The molecule has 0 aromatic heterocycles. The van der Waals surface area contributed by atoms with Crippen LogP contribution in [-0.2, 0) is 10.2 Å². The van der Waals surface area contributed by atoms with Crippen LogP contribution in [0.1, 0.15) is 58.9 Å². The average molecular weight is 285 g/mol. The van der Waals surface area contributed by atoms with E-state index in [0.29, 0.717) is 11.3 Å². The number of hydrogen-bond acceptors (Lipinski definition) is 1. The van der Waals surface area contributed by atoms with Gasteiger partial charge in [0.05, 0.1) is 5.41 Å². The molecule has 0 heterocycles. The lowest BCUT2D eigenvalue weighted by atomic mass is 9.49. The van der Waals surface area contributed by atoms with Crippen LogP contribution in [0.3, 0.4) is 0 Å². The van der Waals surface area contributed by atoms with Crippen LogP contribution in [0.25, 0.3) is 0 Å². The Balaban J connectivity index is 0.00000144. The number of fused-ring (bicyclic) bond motifs is 1. The van der Waals surface area contributed by atoms with Crippen molar-refractivity contribution in [2.75, 3.05) is 0 Å². The average Bonchev–Trinajstić information content (AvgIpc) is 2.61. The number of carbonyl (C=O) groups is 1. The zero-order valence-electron chi connectivity index (χ0n) is 12.9. The fourth-order valence-electron chi connectivity index (χ4n) is 6.18. The molecule has 0 aliphatic heterocycles. The summed E-state index contributed by atoms with van der Waals surface area (Å²) in [6.45, 7) is 2.44. The highest BCUT2D eigenvalue weighted by Crippen LogP contribution is 2.66. The first-order valence-corrected chi connectivity index (χ1v) is 8.31. The minimum absolute atomic E-state index is 0. The molecule has 2 heteroatoms. The van der Waals surface area contributed by atoms with E-state index in [9.17, 15) is 4.79 Å². The number of nitrogens with two attached hydrogens (primary N) is 1. The molecule has 2 nitrogen and oxygen atoms in total. The number of amides is 1. The second-order valence-electron chi connectivity index (χ2n) is 8.43. The van der Waals surface area contributed by atoms with Gasteiger partial charge in [-0.3, -0.25) is 4.79 Å². The third kappa shape index (κ3) is 1.88. The number of benzene rings is 1. The van der Waals surface area contributed by atoms with E-state index < -0.39 is 0 Å². The Morgan fingerprint density at radius 1 is 1.14 bits per heavy atom. The monoisotopic (exact) mass is 285 g/mol. The van der Waals surface area contributed by atoms with Crippen LogP contribution in [0.2, 0.25) is 0 Å². The Kier molecular flexibility index (Phi) is 2.62. The Bertz CT molecular complexity index is 588. The summed E-state index contributed by atoms with van der Waals surface area (Å²) >= 11 is 0. The van der Waals surface area contributed by atoms with E-state index in [-0.39, 0.29) is 18.2 Å². The van der Waals surface area contributed by atoms with Gasteiger partial charge in [0.1, 0.15) is 0 Å². The van der Waals surface area contributed by atoms with Gasteiger partial charge in [-0.25, -0.2) is 0 Å². The first kappa shape index (κ1) is 13.4. The van der Waals surface area contributed by atoms with Crippen molar-refractivity contribution in [3.05, 3.63) is 35.9 Å². The molecule has 1 aromatic carbocycles. The molecule has 0 saturated heterocycles. The van der Waals surface area contributed by atoms with E-state index in [0.717, 1.165) is 19.3 Å². The maximum Gasteiger partial charge on any atom is 0.223 e. The molecule has 4 aliphatic rings. The predicted molar refractivity (Wildman–Crippen MR) is 85.8 cm³/mol. The first-order valence-electron chi connectivity index (χ1n) is 8.31. The molecule has 2 N–H and O–H groups in total. The van der Waals surface area contributed by atoms with Gasteiger partial charge < -0.3 is 5.73 Å². The fourth-order valence-corrected chi connectivity index (χ4v) is 6.18. The molecule has 5 rings (SSSR count). The molecule has 0 radical (unpaired) electrons. The zero-order chi connectivity index (χ0) is 14.7. The minimum atomic E-state index is -0.243. The Morgan fingerprint density at radius 3 is 2.62 bits per heavy atom. The van der Waals surface area contributed by atoms with Crippen LogP contribution in [0, 0.1) is 16.7 Å². The van der Waals surface area contributed by atoms with Crippen LogP contribution < -0.4 is 5.73 Å². The molecule has 114 valence electrons. The van der Waals surface area contributed by atoms with Crippen LogP contribution in [0.4, 0.5) is 0 Å². The zero-order valence-corrected chi connectivity index (χ0v) is 12.9. The maximum absolute atomic E-state index is 12.3. The summed E-state index contributed by atoms with van der Waals surface area (Å²) in [7, 11) is 0. The van der Waals surface area contributed by atoms with Gasteiger partial charge in [-0.1, -0.05) is 37.3 Å². The Morgan fingerprint density at radius 2 is 1.90 bits per heavy atom. The highest BCUT2D eigenvalue weighted by Gasteiger charge is 2.60. The lowest BCUT2D eigenvalue weighted by Crippen LogP contribution is -2.51. The van der Waals surface area contributed by atoms with Gasteiger partial charge >= 0.3 is 0 Å². The first-order chi connectivity index (χ1) is 9.96. The molecular formula is C19H27NO. The van der Waals surface area contributed by atoms with Crippen LogP contribution >= 0.6 is 0 Å². The maximum atomic E-state index is 12.3. The van der Waals surface area contributed by atoms with E-state index in [4.69, 9.17) is 5.73 Å². The predicted octanol–water partition coefficient (Wildman–Crippen LogP) is 4.04. The summed E-state index contributed by atoms with van der Waals surface area (Å²) in [5.41, 5.74) is 7.67. The second kappa shape index (κ2) is 4.12. The van der Waals surface area contributed by atoms with Crippen molar-refractivity contribution in [2.24, 2.45) is 22.5 Å². The summed E-state index contributed by atoms with van der Waals surface area (Å²) < 4.78 is 0. The van der Waals surface area contributed by atoms with Gasteiger partial charge in [0.2, 0.25) is 5.91 Å². The SMILES string of the molecule is CC12CCC3(C(N)=O)CC(C1)CC(c1ccccc1)(C2)C3.[HH]. The van der Waals surface area contributed by atoms with Crippen molar-refractivity contribution in [1.82, 2.24) is 0 Å². The molecule has 0 spiro atoms. The molecule has 4 bridgehead atoms. The lowest BCUT2D eigenvalue weighted by Gasteiger charge is -2.54. The van der Waals surface area contributed by atoms with Gasteiger partial charge in [-0.05, 0) is 67.3 Å². The summed E-state index contributed by atoms with van der Waals surface area (Å²) in [6, 6.07) is 10.9. The third-order valence-electron chi connectivity index (χ3n) is 6.70. The molecule has 1 amide bonds. The van der Waals surface area contributed by atoms with Gasteiger partial charge in [0.25, 0.3) is 0 Å². The van der Waals surface area contributed by atoms with Crippen LogP contribution in [0.15, 0.2) is 30.3 Å². The number of primary amides is 1. The number of rotatable bonds is 2. The summed E-state index contributed by atoms with van der Waals surface area (Å²) in [5.74, 6) is 0.631. The fraction of sp³-hybridized carbons (Fsp3) is 0.632. The summed E-state index contributed by atoms with van der Waals surface area (Å²) in [4.78, 5) is 12.3. The highest BCUT2D eigenvalue weighted by atomic mass is 16.1.